The van der Waals surface area contributed by atoms with E-state index in [0.29, 0.717) is 0 Å². The molecule has 0 aliphatic carbocycles. The van der Waals surface area contributed by atoms with Crippen molar-refractivity contribution in [2.45, 2.75) is 79.1 Å². The number of hydrogen-bond acceptors (Lipinski definition) is 6. The molecule has 0 amide bonds. The molecule has 0 N–H and O–H groups in total. The molecule has 4 heterocycles. The number of nitrogens with zero attached hydrogens (tertiary/aromatic N) is 6. The fourth-order valence-electron chi connectivity index (χ4n) is 6.37. The molecule has 2 aromatic carbocycles. The Morgan fingerprint density at radius 2 is 0.724 bits per heavy atom. The molecule has 0 aliphatic heterocycles. The molecular weight excluding hydrogens is 890 g/mol. The van der Waals surface area contributed by atoms with Gasteiger partial charge < -0.3 is 0 Å². The second kappa shape index (κ2) is 25.3. The number of hydrogen-bond donors (Lipinski definition) is 0. The van der Waals surface area contributed by atoms with Crippen molar-refractivity contribution in [3.63, 3.8) is 0 Å². The molecule has 0 unspecified atom stereocenters. The molecule has 6 aromatic rings. The van der Waals surface area contributed by atoms with Gasteiger partial charge in [-0.15, -0.1) is 49.6 Å². The number of halogens is 4. The Morgan fingerprint density at radius 3 is 1.00 bits per heavy atom. The number of benzene rings is 2. The maximum absolute atomic E-state index is 5.14. The van der Waals surface area contributed by atoms with Crippen molar-refractivity contribution in [1.82, 2.24) is 19.9 Å². The van der Waals surface area contributed by atoms with Crippen LogP contribution in [0.2, 0.25) is 0 Å². The minimum atomic E-state index is 0. The van der Waals surface area contributed by atoms with Gasteiger partial charge in [0.05, 0.1) is 58.0 Å². The Morgan fingerprint density at radius 1 is 0.414 bits per heavy atom. The molecule has 0 radical (unpaired) electrons. The van der Waals surface area contributed by atoms with E-state index in [9.17, 15) is 0 Å². The van der Waals surface area contributed by atoms with Gasteiger partial charge in [0.1, 0.15) is 0 Å². The fraction of sp³-hybridized carbons (Fsp3) is 0.261. The molecule has 0 aliphatic rings. The van der Waals surface area contributed by atoms with Crippen LogP contribution >= 0.6 is 49.6 Å². The average molecular weight is 942 g/mol. The summed E-state index contributed by atoms with van der Waals surface area (Å²) in [4.78, 5) is 28.9. The van der Waals surface area contributed by atoms with Crippen molar-refractivity contribution in [3.05, 3.63) is 143 Å². The zero-order valence-electron chi connectivity index (χ0n) is 33.9. The minimum Gasteiger partial charge on any atom is -0.255 e. The van der Waals surface area contributed by atoms with E-state index in [1.54, 1.807) is 12.4 Å². The van der Waals surface area contributed by atoms with Crippen LogP contribution in [-0.2, 0) is 34.1 Å². The molecule has 0 saturated carbocycles. The van der Waals surface area contributed by atoms with Crippen LogP contribution in [0.5, 0.6) is 0 Å². The summed E-state index contributed by atoms with van der Waals surface area (Å²) in [6.07, 6.45) is 7.36. The maximum Gasteiger partial charge on any atom is 0.0894 e. The van der Waals surface area contributed by atoms with Crippen LogP contribution in [0.1, 0.15) is 113 Å². The van der Waals surface area contributed by atoms with E-state index in [2.05, 4.69) is 89.6 Å². The maximum atomic E-state index is 5.14. The van der Waals surface area contributed by atoms with E-state index >= 15 is 0 Å². The molecule has 4 aromatic heterocycles. The Bertz CT molecular complexity index is 2020. The Hall–Kier alpha value is -3.42. The zero-order valence-corrected chi connectivity index (χ0v) is 39.4. The first kappa shape index (κ1) is 54.6. The minimum absolute atomic E-state index is 0. The molecule has 58 heavy (non-hydrogen) atoms. The summed E-state index contributed by atoms with van der Waals surface area (Å²) in [5.41, 5.74) is 14.3. The van der Waals surface area contributed by atoms with E-state index in [0.717, 1.165) is 45.5 Å². The van der Waals surface area contributed by atoms with Gasteiger partial charge in [0.2, 0.25) is 0 Å². The van der Waals surface area contributed by atoms with Crippen LogP contribution < -0.4 is 0 Å². The molecule has 310 valence electrons. The molecule has 0 saturated heterocycles. The van der Waals surface area contributed by atoms with Gasteiger partial charge in [0.15, 0.2) is 0 Å². The monoisotopic (exact) mass is 940 g/mol. The number of aromatic nitrogens is 4. The number of rotatable bonds is 11. The summed E-state index contributed by atoms with van der Waals surface area (Å²) in [7, 11) is 0. The number of pyridine rings is 4. The summed E-state index contributed by atoms with van der Waals surface area (Å²) in [5, 5.41) is 0. The largest absolute Gasteiger partial charge is 0.255 e. The van der Waals surface area contributed by atoms with Gasteiger partial charge in [-0.3, -0.25) is 20.0 Å². The van der Waals surface area contributed by atoms with Gasteiger partial charge in [-0.25, -0.2) is 9.97 Å². The third-order valence-corrected chi connectivity index (χ3v) is 9.21. The summed E-state index contributed by atoms with van der Waals surface area (Å²) in [6, 6.07) is 33.1. The van der Waals surface area contributed by atoms with Crippen LogP contribution in [0.3, 0.4) is 0 Å². The molecule has 6 rings (SSSR count). The topological polar surface area (TPSA) is 76.3 Å². The van der Waals surface area contributed by atoms with Crippen molar-refractivity contribution in [1.29, 1.82) is 0 Å². The van der Waals surface area contributed by atoms with Crippen LogP contribution in [-0.4, -0.2) is 32.4 Å². The van der Waals surface area contributed by atoms with Gasteiger partial charge in [0.25, 0.3) is 0 Å². The van der Waals surface area contributed by atoms with Crippen LogP contribution in [0.15, 0.2) is 119 Å². The Balaban J connectivity index is 0.00000541. The van der Waals surface area contributed by atoms with E-state index in [1.807, 2.05) is 85.2 Å². The summed E-state index contributed by atoms with van der Waals surface area (Å²) in [6.45, 7) is 18.0. The Labute approximate surface area is 390 Å². The molecule has 0 fully saturated rings. The van der Waals surface area contributed by atoms with E-state index in [1.165, 1.54) is 33.4 Å². The molecule has 6 nitrogen and oxygen atoms in total. The first-order chi connectivity index (χ1) is 25.1. The summed E-state index contributed by atoms with van der Waals surface area (Å²) < 4.78 is 0. The quantitative estimate of drug-likeness (QED) is 0.0958. The summed E-state index contributed by atoms with van der Waals surface area (Å²) in [5.74, 6) is 1.07. The second-order valence-corrected chi connectivity index (χ2v) is 14.5. The number of aliphatic imine (C=N–C) groups is 2. The SMILES string of the molecule is CC(C)c1cc(-c2cc(C(C)C)c(N=Cc3cccc(-c4ccccn4)n3)c(C(C)C)c2)cc(C(C)C)c1N=Cc1cccc(-c2ccccn2)n1.Cl.Cl.Cl.Cl.[Fe].[Fe]. The van der Waals surface area contributed by atoms with Gasteiger partial charge >= 0.3 is 0 Å². The molecule has 0 bridgehead atoms. The van der Waals surface area contributed by atoms with E-state index in [4.69, 9.17) is 20.0 Å². The second-order valence-electron chi connectivity index (χ2n) is 14.5. The fourth-order valence-corrected chi connectivity index (χ4v) is 6.37. The first-order valence-electron chi connectivity index (χ1n) is 18.3. The standard InChI is InChI=1S/C46H48N6.4ClH.2Fe/c1-29(2)37-23-33(24-38(30(3)4)45(37)49-27-35-15-13-19-43(51-35)41-17-9-11-21-47-41)34-25-39(31(5)6)46(40(26-34)32(7)8)50-28-36-16-14-20-44(52-36)42-18-10-12-22-48-42;;;;;;/h9-32H,1-8H3;4*1H;;. The molecule has 0 atom stereocenters. The average Bonchev–Trinajstić information content (AvgIpc) is 3.16. The predicted molar refractivity (Wildman–Crippen MR) is 247 cm³/mol. The molecule has 0 spiro atoms. The van der Waals surface area contributed by atoms with Crippen molar-refractivity contribution in [2.75, 3.05) is 0 Å². The smallest absolute Gasteiger partial charge is 0.0894 e. The summed E-state index contributed by atoms with van der Waals surface area (Å²) >= 11 is 0. The first-order valence-corrected chi connectivity index (χ1v) is 18.3. The third kappa shape index (κ3) is 13.3. The van der Waals surface area contributed by atoms with Crippen molar-refractivity contribution in [3.8, 4) is 33.9 Å². The van der Waals surface area contributed by atoms with Gasteiger partial charge in [-0.1, -0.05) is 79.7 Å². The van der Waals surface area contributed by atoms with Crippen molar-refractivity contribution < 1.29 is 34.1 Å². The van der Waals surface area contributed by atoms with Crippen molar-refractivity contribution in [2.24, 2.45) is 9.98 Å². The molecular formula is C46H52Cl4Fe2N6. The zero-order chi connectivity index (χ0) is 36.8. The predicted octanol–water partition coefficient (Wildman–Crippen LogP) is 13.9. The van der Waals surface area contributed by atoms with E-state index < -0.39 is 0 Å². The third-order valence-electron chi connectivity index (χ3n) is 9.21. The van der Waals surface area contributed by atoms with Gasteiger partial charge in [0, 0.05) is 46.5 Å². The van der Waals surface area contributed by atoms with Crippen LogP contribution in [0.4, 0.5) is 11.4 Å². The normalized spacial score (nSPS) is 10.8. The molecule has 12 heteroatoms. The van der Waals surface area contributed by atoms with Crippen LogP contribution in [0.25, 0.3) is 33.9 Å². The van der Waals surface area contributed by atoms with Gasteiger partial charge in [-0.2, -0.15) is 0 Å². The van der Waals surface area contributed by atoms with Crippen molar-refractivity contribution >= 4 is 73.4 Å². The van der Waals surface area contributed by atoms with Crippen LogP contribution in [0, 0.1) is 0 Å². The van der Waals surface area contributed by atoms with E-state index in [-0.39, 0.29) is 107 Å². The Kier molecular flexibility index (Phi) is 23.8. The van der Waals surface area contributed by atoms with Gasteiger partial charge in [-0.05, 0) is 130 Å².